The fraction of sp³-hybridized carbons (Fsp3) is 0.355. The van der Waals surface area contributed by atoms with Crippen molar-refractivity contribution in [2.24, 2.45) is 5.92 Å². The SMILES string of the molecule is CC(C(=O)NCc1ccccc1)C(O)C(O)CNC(=O)c1ccc(SN2CCCC2)cc1.Cc1cc(F)cc(F)c1. The predicted molar refractivity (Wildman–Crippen MR) is 156 cm³/mol. The second-order valence-corrected chi connectivity index (χ2v) is 11.1. The first kappa shape index (κ1) is 32.2. The van der Waals surface area contributed by atoms with Crippen molar-refractivity contribution in [1.29, 1.82) is 0 Å². The van der Waals surface area contributed by atoms with Gasteiger partial charge in [-0.3, -0.25) is 9.59 Å². The van der Waals surface area contributed by atoms with Crippen LogP contribution in [-0.4, -0.2) is 58.2 Å². The summed E-state index contributed by atoms with van der Waals surface area (Å²) < 4.78 is 26.7. The highest BCUT2D eigenvalue weighted by Crippen LogP contribution is 2.26. The Hall–Kier alpha value is -3.31. The Morgan fingerprint density at radius 2 is 1.54 bits per heavy atom. The summed E-state index contributed by atoms with van der Waals surface area (Å²) in [4.78, 5) is 25.8. The lowest BCUT2D eigenvalue weighted by Crippen LogP contribution is -2.46. The van der Waals surface area contributed by atoms with E-state index in [1.807, 2.05) is 42.5 Å². The number of hydrogen-bond acceptors (Lipinski definition) is 6. The van der Waals surface area contributed by atoms with E-state index in [-0.39, 0.29) is 18.4 Å². The number of rotatable bonds is 10. The number of aryl methyl sites for hydroxylation is 1. The molecule has 3 atom stereocenters. The third kappa shape index (κ3) is 10.9. The number of benzene rings is 3. The van der Waals surface area contributed by atoms with Gasteiger partial charge < -0.3 is 20.8 Å². The molecule has 0 bridgehead atoms. The number of aliphatic hydroxyl groups excluding tert-OH is 2. The predicted octanol–water partition coefficient (Wildman–Crippen LogP) is 4.47. The number of amides is 2. The van der Waals surface area contributed by atoms with Crippen LogP contribution in [0.15, 0.2) is 77.7 Å². The molecule has 7 nitrogen and oxygen atoms in total. The lowest BCUT2D eigenvalue weighted by molar-refractivity contribution is -0.131. The van der Waals surface area contributed by atoms with Crippen molar-refractivity contribution in [1.82, 2.24) is 14.9 Å². The fourth-order valence-electron chi connectivity index (χ4n) is 4.14. The third-order valence-electron chi connectivity index (χ3n) is 6.52. The van der Waals surface area contributed by atoms with Crippen molar-refractivity contribution in [3.05, 3.63) is 101 Å². The van der Waals surface area contributed by atoms with Crippen molar-refractivity contribution < 1.29 is 28.6 Å². The number of nitrogens with one attached hydrogen (secondary N) is 2. The monoisotopic (exact) mass is 585 g/mol. The van der Waals surface area contributed by atoms with Crippen LogP contribution in [0.4, 0.5) is 8.78 Å². The summed E-state index contributed by atoms with van der Waals surface area (Å²) in [6.45, 7) is 5.54. The normalized spacial score (nSPS) is 15.3. The molecule has 4 N–H and O–H groups in total. The first-order chi connectivity index (χ1) is 19.6. The molecule has 3 aromatic carbocycles. The van der Waals surface area contributed by atoms with E-state index in [0.29, 0.717) is 17.7 Å². The maximum atomic E-state index is 12.4. The standard InChI is InChI=1S/C24H31N3O4S.C7H6F2/c1-17(23(30)25-15-18-7-3-2-4-8-18)22(29)21(28)16-26-24(31)19-9-11-20(12-10-19)32-27-13-5-6-14-27;1-5-2-6(8)4-7(9)3-5/h2-4,7-12,17,21-22,28-29H,5-6,13-16H2,1H3,(H,25,30)(H,26,31);2-4H,1H3. The number of halogens is 2. The zero-order chi connectivity index (χ0) is 29.8. The maximum absolute atomic E-state index is 12.4. The molecule has 10 heteroatoms. The van der Waals surface area contributed by atoms with Gasteiger partial charge in [0.05, 0.1) is 18.1 Å². The topological polar surface area (TPSA) is 102 Å². The molecule has 1 heterocycles. The molecule has 1 fully saturated rings. The average Bonchev–Trinajstić information content (AvgIpc) is 3.47. The zero-order valence-electron chi connectivity index (χ0n) is 23.2. The molecular weight excluding hydrogens is 548 g/mol. The van der Waals surface area contributed by atoms with Gasteiger partial charge in [0.15, 0.2) is 0 Å². The largest absolute Gasteiger partial charge is 0.390 e. The van der Waals surface area contributed by atoms with Crippen LogP contribution in [0.5, 0.6) is 0 Å². The summed E-state index contributed by atoms with van der Waals surface area (Å²) in [5.41, 5.74) is 2.03. The Morgan fingerprint density at radius 3 is 2.12 bits per heavy atom. The number of hydrogen-bond donors (Lipinski definition) is 4. The summed E-state index contributed by atoms with van der Waals surface area (Å²) in [5, 5.41) is 26.0. The Morgan fingerprint density at radius 1 is 0.927 bits per heavy atom. The molecule has 4 rings (SSSR count). The van der Waals surface area contributed by atoms with E-state index < -0.39 is 29.8 Å². The van der Waals surface area contributed by atoms with Gasteiger partial charge in [-0.15, -0.1) is 0 Å². The number of carbonyl (C=O) groups excluding carboxylic acids is 2. The Balaban J connectivity index is 0.000000436. The van der Waals surface area contributed by atoms with Crippen molar-refractivity contribution in [3.8, 4) is 0 Å². The molecule has 1 saturated heterocycles. The van der Waals surface area contributed by atoms with Crippen LogP contribution in [0.3, 0.4) is 0 Å². The molecule has 0 saturated carbocycles. The van der Waals surface area contributed by atoms with Crippen LogP contribution >= 0.6 is 11.9 Å². The van der Waals surface area contributed by atoms with E-state index in [9.17, 15) is 28.6 Å². The highest BCUT2D eigenvalue weighted by Gasteiger charge is 2.28. The molecular formula is C31H37F2N3O4S. The van der Waals surface area contributed by atoms with Crippen LogP contribution in [0.2, 0.25) is 0 Å². The van der Waals surface area contributed by atoms with Gasteiger partial charge in [-0.05, 0) is 79.2 Å². The number of aliphatic hydroxyl groups is 2. The van der Waals surface area contributed by atoms with Crippen molar-refractivity contribution in [2.75, 3.05) is 19.6 Å². The van der Waals surface area contributed by atoms with E-state index in [2.05, 4.69) is 14.9 Å². The third-order valence-corrected chi connectivity index (χ3v) is 7.63. The minimum atomic E-state index is -1.30. The number of carbonyl (C=O) groups is 2. The molecule has 3 aromatic rings. The summed E-state index contributed by atoms with van der Waals surface area (Å²) in [6, 6.07) is 20.2. The van der Waals surface area contributed by atoms with Crippen LogP contribution in [0, 0.1) is 24.5 Å². The minimum absolute atomic E-state index is 0.152. The molecule has 2 amide bonds. The molecule has 1 aliphatic heterocycles. The molecule has 3 unspecified atom stereocenters. The highest BCUT2D eigenvalue weighted by molar-refractivity contribution is 7.97. The molecule has 0 radical (unpaired) electrons. The van der Waals surface area contributed by atoms with Gasteiger partial charge in [0.1, 0.15) is 11.6 Å². The Labute approximate surface area is 244 Å². The van der Waals surface area contributed by atoms with Gasteiger partial charge in [0.25, 0.3) is 5.91 Å². The highest BCUT2D eigenvalue weighted by atomic mass is 32.2. The van der Waals surface area contributed by atoms with Gasteiger partial charge in [-0.1, -0.05) is 37.3 Å². The van der Waals surface area contributed by atoms with E-state index in [1.165, 1.54) is 25.0 Å². The van der Waals surface area contributed by atoms with E-state index in [4.69, 9.17) is 0 Å². The number of nitrogens with zero attached hydrogens (tertiary/aromatic N) is 1. The van der Waals surface area contributed by atoms with E-state index >= 15 is 0 Å². The van der Waals surface area contributed by atoms with Gasteiger partial charge in [0.2, 0.25) is 5.91 Å². The summed E-state index contributed by atoms with van der Waals surface area (Å²) in [5.74, 6) is -2.57. The second kappa shape index (κ2) is 16.2. The lowest BCUT2D eigenvalue weighted by atomic mass is 9.98. The van der Waals surface area contributed by atoms with Crippen LogP contribution in [0.25, 0.3) is 0 Å². The average molecular weight is 586 g/mol. The summed E-state index contributed by atoms with van der Waals surface area (Å²) in [7, 11) is 0. The van der Waals surface area contributed by atoms with Gasteiger partial charge in [-0.2, -0.15) is 0 Å². The first-order valence-corrected chi connectivity index (χ1v) is 14.3. The van der Waals surface area contributed by atoms with Crippen LogP contribution in [-0.2, 0) is 11.3 Å². The van der Waals surface area contributed by atoms with Crippen molar-refractivity contribution in [2.45, 2.75) is 50.3 Å². The Bertz CT molecular complexity index is 1210. The molecule has 0 aliphatic carbocycles. The molecule has 0 aromatic heterocycles. The van der Waals surface area contributed by atoms with Gasteiger partial charge in [0, 0.05) is 42.7 Å². The minimum Gasteiger partial charge on any atom is -0.390 e. The van der Waals surface area contributed by atoms with E-state index in [0.717, 1.165) is 29.6 Å². The molecule has 0 spiro atoms. The van der Waals surface area contributed by atoms with Crippen LogP contribution in [0.1, 0.15) is 41.3 Å². The Kier molecular flexibility index (Phi) is 12.7. The molecule has 220 valence electrons. The second-order valence-electron chi connectivity index (χ2n) is 9.96. The van der Waals surface area contributed by atoms with Gasteiger partial charge in [-0.25, -0.2) is 13.1 Å². The van der Waals surface area contributed by atoms with Crippen LogP contribution < -0.4 is 10.6 Å². The fourth-order valence-corrected chi connectivity index (χ4v) is 5.14. The van der Waals surface area contributed by atoms with Gasteiger partial charge >= 0.3 is 0 Å². The maximum Gasteiger partial charge on any atom is 0.251 e. The van der Waals surface area contributed by atoms with E-state index in [1.54, 1.807) is 37.9 Å². The molecule has 1 aliphatic rings. The van der Waals surface area contributed by atoms with Crippen molar-refractivity contribution >= 4 is 23.8 Å². The van der Waals surface area contributed by atoms with Crippen molar-refractivity contribution in [3.63, 3.8) is 0 Å². The quantitative estimate of drug-likeness (QED) is 0.262. The molecule has 41 heavy (non-hydrogen) atoms. The zero-order valence-corrected chi connectivity index (χ0v) is 24.0. The lowest BCUT2D eigenvalue weighted by Gasteiger charge is -2.23. The summed E-state index contributed by atoms with van der Waals surface area (Å²) in [6.07, 6.45) is -0.129. The first-order valence-electron chi connectivity index (χ1n) is 13.5. The smallest absolute Gasteiger partial charge is 0.251 e. The summed E-state index contributed by atoms with van der Waals surface area (Å²) >= 11 is 1.69.